The van der Waals surface area contributed by atoms with Crippen LogP contribution in [-0.2, 0) is 4.79 Å². The van der Waals surface area contributed by atoms with Gasteiger partial charge in [0.25, 0.3) is 11.8 Å². The lowest BCUT2D eigenvalue weighted by atomic mass is 9.83. The van der Waals surface area contributed by atoms with Gasteiger partial charge in [-0.3, -0.25) is 9.59 Å². The van der Waals surface area contributed by atoms with Crippen molar-refractivity contribution in [3.8, 4) is 11.5 Å². The molecule has 33 heavy (non-hydrogen) atoms. The Hall–Kier alpha value is -3.06. The Kier molecular flexibility index (Phi) is 7.83. The molecule has 2 fully saturated rings. The average molecular weight is 452 g/mol. The second kappa shape index (κ2) is 11.2. The molecule has 7 heteroatoms. The minimum atomic E-state index is -0.289. The Morgan fingerprint density at radius 2 is 1.79 bits per heavy atom. The van der Waals surface area contributed by atoms with Crippen LogP contribution in [0.2, 0.25) is 0 Å². The molecule has 2 saturated heterocycles. The average Bonchev–Trinajstić information content (AvgIpc) is 2.86. The van der Waals surface area contributed by atoms with Crippen LogP contribution in [0.4, 0.5) is 5.69 Å². The summed E-state index contributed by atoms with van der Waals surface area (Å²) in [4.78, 5) is 27.7. The monoisotopic (exact) mass is 451 g/mol. The summed E-state index contributed by atoms with van der Waals surface area (Å²) in [7, 11) is 1.60. The van der Waals surface area contributed by atoms with Crippen LogP contribution in [-0.4, -0.2) is 56.1 Å². The van der Waals surface area contributed by atoms with Crippen molar-refractivity contribution in [2.45, 2.75) is 38.1 Å². The predicted molar refractivity (Wildman–Crippen MR) is 128 cm³/mol. The van der Waals surface area contributed by atoms with E-state index in [1.807, 2.05) is 0 Å². The minimum Gasteiger partial charge on any atom is -0.497 e. The Labute approximate surface area is 195 Å². The van der Waals surface area contributed by atoms with Crippen molar-refractivity contribution in [2.24, 2.45) is 5.92 Å². The Bertz CT molecular complexity index is 945. The number of amides is 2. The van der Waals surface area contributed by atoms with Gasteiger partial charge >= 0.3 is 0 Å². The third-order valence-corrected chi connectivity index (χ3v) is 6.59. The highest BCUT2D eigenvalue weighted by atomic mass is 16.5. The number of carbonyl (C=O) groups is 2. The van der Waals surface area contributed by atoms with E-state index in [0.717, 1.165) is 5.75 Å². The molecule has 2 N–H and O–H groups in total. The second-order valence-corrected chi connectivity index (χ2v) is 8.80. The third kappa shape index (κ3) is 6.26. The van der Waals surface area contributed by atoms with E-state index in [1.165, 1.54) is 45.2 Å². The van der Waals surface area contributed by atoms with Crippen molar-refractivity contribution in [3.05, 3.63) is 54.1 Å². The molecule has 2 aliphatic heterocycles. The number of fused-ring (bicyclic) bond motifs is 1. The molecule has 2 heterocycles. The first kappa shape index (κ1) is 23.1. The van der Waals surface area contributed by atoms with Gasteiger partial charge in [-0.15, -0.1) is 0 Å². The van der Waals surface area contributed by atoms with E-state index in [0.29, 0.717) is 35.5 Å². The first-order chi connectivity index (χ1) is 16.1. The number of piperidine rings is 2. The van der Waals surface area contributed by atoms with Crippen LogP contribution in [0, 0.1) is 5.92 Å². The van der Waals surface area contributed by atoms with Gasteiger partial charge in [0.2, 0.25) is 0 Å². The second-order valence-electron chi connectivity index (χ2n) is 8.80. The van der Waals surface area contributed by atoms with E-state index >= 15 is 0 Å². The molecule has 0 radical (unpaired) electrons. The molecule has 4 rings (SSSR count). The van der Waals surface area contributed by atoms with Crippen LogP contribution in [0.3, 0.4) is 0 Å². The zero-order valence-corrected chi connectivity index (χ0v) is 19.2. The fraction of sp³-hybridized carbons (Fsp3) is 0.462. The summed E-state index contributed by atoms with van der Waals surface area (Å²) < 4.78 is 10.6. The highest BCUT2D eigenvalue weighted by Crippen LogP contribution is 2.30. The Morgan fingerprint density at radius 3 is 2.61 bits per heavy atom. The molecule has 2 unspecified atom stereocenters. The lowest BCUT2D eigenvalue weighted by Crippen LogP contribution is -2.51. The van der Waals surface area contributed by atoms with Gasteiger partial charge in [0.1, 0.15) is 11.5 Å². The molecule has 2 aliphatic rings. The molecule has 0 aromatic heterocycles. The van der Waals surface area contributed by atoms with Crippen molar-refractivity contribution in [2.75, 3.05) is 38.7 Å². The van der Waals surface area contributed by atoms with Crippen molar-refractivity contribution in [1.82, 2.24) is 10.2 Å². The van der Waals surface area contributed by atoms with Crippen molar-refractivity contribution >= 4 is 17.5 Å². The number of nitrogens with one attached hydrogen (secondary N) is 2. The van der Waals surface area contributed by atoms with E-state index in [1.54, 1.807) is 55.6 Å². The summed E-state index contributed by atoms with van der Waals surface area (Å²) in [6.07, 6.45) is 6.19. The van der Waals surface area contributed by atoms with Crippen LogP contribution in [0.1, 0.15) is 42.5 Å². The molecule has 0 aliphatic carbocycles. The summed E-state index contributed by atoms with van der Waals surface area (Å²) in [6.45, 7) is 2.96. The molecule has 176 valence electrons. The SMILES string of the molecule is COc1ccc(OCC(=O)Nc2cccc(C(=O)NCC3CCCN4CCCCC34)c2)cc1. The summed E-state index contributed by atoms with van der Waals surface area (Å²) in [6, 6.07) is 14.7. The van der Waals surface area contributed by atoms with Gasteiger partial charge in [0.15, 0.2) is 6.61 Å². The fourth-order valence-electron chi connectivity index (χ4n) is 4.90. The van der Waals surface area contributed by atoms with Gasteiger partial charge in [-0.1, -0.05) is 12.5 Å². The zero-order chi connectivity index (χ0) is 23.0. The number of benzene rings is 2. The first-order valence-corrected chi connectivity index (χ1v) is 11.8. The van der Waals surface area contributed by atoms with Crippen LogP contribution in [0.5, 0.6) is 11.5 Å². The van der Waals surface area contributed by atoms with Crippen LogP contribution in [0.25, 0.3) is 0 Å². The van der Waals surface area contributed by atoms with E-state index < -0.39 is 0 Å². The summed E-state index contributed by atoms with van der Waals surface area (Å²) in [5.74, 6) is 1.43. The Morgan fingerprint density at radius 1 is 1.00 bits per heavy atom. The maximum Gasteiger partial charge on any atom is 0.262 e. The maximum atomic E-state index is 12.8. The van der Waals surface area contributed by atoms with Gasteiger partial charge in [-0.25, -0.2) is 0 Å². The fourth-order valence-corrected chi connectivity index (χ4v) is 4.90. The van der Waals surface area contributed by atoms with Crippen LogP contribution < -0.4 is 20.1 Å². The molecular formula is C26H33N3O4. The quantitative estimate of drug-likeness (QED) is 0.640. The Balaban J connectivity index is 1.26. The van der Waals surface area contributed by atoms with E-state index in [9.17, 15) is 9.59 Å². The van der Waals surface area contributed by atoms with Gasteiger partial charge < -0.3 is 25.0 Å². The smallest absolute Gasteiger partial charge is 0.262 e. The first-order valence-electron chi connectivity index (χ1n) is 11.8. The van der Waals surface area contributed by atoms with Crippen molar-refractivity contribution in [3.63, 3.8) is 0 Å². The summed E-state index contributed by atoms with van der Waals surface area (Å²) in [5, 5.41) is 5.92. The van der Waals surface area contributed by atoms with Crippen LogP contribution in [0.15, 0.2) is 48.5 Å². The molecule has 0 bridgehead atoms. The zero-order valence-electron chi connectivity index (χ0n) is 19.2. The number of rotatable bonds is 8. The maximum absolute atomic E-state index is 12.8. The number of nitrogens with zero attached hydrogens (tertiary/aromatic N) is 1. The van der Waals surface area contributed by atoms with E-state index in [2.05, 4.69) is 15.5 Å². The van der Waals surface area contributed by atoms with Crippen molar-refractivity contribution in [1.29, 1.82) is 0 Å². The van der Waals surface area contributed by atoms with Crippen molar-refractivity contribution < 1.29 is 19.1 Å². The number of hydrogen-bond acceptors (Lipinski definition) is 5. The number of anilines is 1. The lowest BCUT2D eigenvalue weighted by molar-refractivity contribution is -0.118. The molecule has 2 atom stereocenters. The topological polar surface area (TPSA) is 79.9 Å². The number of ether oxygens (including phenoxy) is 2. The molecule has 7 nitrogen and oxygen atoms in total. The largest absolute Gasteiger partial charge is 0.497 e. The van der Waals surface area contributed by atoms with Gasteiger partial charge in [-0.2, -0.15) is 0 Å². The van der Waals surface area contributed by atoms with E-state index in [-0.39, 0.29) is 18.4 Å². The summed E-state index contributed by atoms with van der Waals surface area (Å²) >= 11 is 0. The van der Waals surface area contributed by atoms with Crippen LogP contribution >= 0.6 is 0 Å². The third-order valence-electron chi connectivity index (χ3n) is 6.59. The highest BCUT2D eigenvalue weighted by molar-refractivity contribution is 5.97. The number of hydrogen-bond donors (Lipinski definition) is 2. The normalized spacial score (nSPS) is 20.4. The standard InChI is InChI=1S/C26H33N3O4/c1-32-22-10-12-23(13-11-22)33-18-25(30)28-21-8-4-6-19(16-21)26(31)27-17-20-7-5-15-29-14-3-2-9-24(20)29/h4,6,8,10-13,16,20,24H,2-3,5,7,9,14-15,17-18H2,1H3,(H,27,31)(H,28,30). The lowest BCUT2D eigenvalue weighted by Gasteiger charge is -2.44. The molecule has 2 aromatic carbocycles. The number of carbonyl (C=O) groups excluding carboxylic acids is 2. The highest BCUT2D eigenvalue weighted by Gasteiger charge is 2.32. The molecule has 0 saturated carbocycles. The number of methoxy groups -OCH3 is 1. The summed E-state index contributed by atoms with van der Waals surface area (Å²) in [5.41, 5.74) is 1.11. The van der Waals surface area contributed by atoms with Gasteiger partial charge in [0, 0.05) is 23.8 Å². The minimum absolute atomic E-state index is 0.103. The molecule has 2 aromatic rings. The molecule has 2 amide bonds. The molecule has 0 spiro atoms. The van der Waals surface area contributed by atoms with Gasteiger partial charge in [-0.05, 0) is 87.2 Å². The van der Waals surface area contributed by atoms with E-state index in [4.69, 9.17) is 9.47 Å². The van der Waals surface area contributed by atoms with Gasteiger partial charge in [0.05, 0.1) is 7.11 Å². The molecular weight excluding hydrogens is 418 g/mol. The predicted octanol–water partition coefficient (Wildman–Crippen LogP) is 3.71.